The lowest BCUT2D eigenvalue weighted by molar-refractivity contribution is 0.192. The molecule has 0 saturated carbocycles. The molecule has 0 aromatic heterocycles. The normalized spacial score (nSPS) is 13.8. The molecule has 1 unspecified atom stereocenters. The smallest absolute Gasteiger partial charge is 0.316 e. The molecule has 1 atom stereocenters. The maximum atomic E-state index is 10.3. The van der Waals surface area contributed by atoms with Crippen LogP contribution >= 0.6 is 8.25 Å². The minimum absolute atomic E-state index is 0.373. The third-order valence-corrected chi connectivity index (χ3v) is 4.14. The Kier molecular flexibility index (Phi) is 21.3. The number of methoxy groups -OCH3 is 1. The Morgan fingerprint density at radius 2 is 1.15 bits per heavy atom. The van der Waals surface area contributed by atoms with Gasteiger partial charge in [-0.15, -0.1) is 0 Å². The van der Waals surface area contributed by atoms with E-state index >= 15 is 0 Å². The fourth-order valence-electron chi connectivity index (χ4n) is 2.26. The van der Waals surface area contributed by atoms with Crippen LogP contribution in [-0.4, -0.2) is 25.2 Å². The van der Waals surface area contributed by atoms with E-state index in [1.54, 1.807) is 7.11 Å². The van der Waals surface area contributed by atoms with E-state index in [4.69, 9.17) is 9.63 Å². The quantitative estimate of drug-likeness (QED) is 0.175. The fourth-order valence-corrected chi connectivity index (χ4v) is 2.58. The lowest BCUT2D eigenvalue weighted by Gasteiger charge is -1.97. The standard InChI is InChI=1S/C21H37O4P/c1-24-20-18-16-14-12-10-8-6-4-2-3-5-7-9-11-13-15-17-19-21-25-26(22)23/h2,4-5,7-8,10-11,13,26H,3,6,9,12,14-21H2,1H3,(H,22,23)/b4-2-,7-5-,10-8-,13-11-. The van der Waals surface area contributed by atoms with Gasteiger partial charge in [0.25, 0.3) is 0 Å². The van der Waals surface area contributed by atoms with Gasteiger partial charge in [-0.2, -0.15) is 0 Å². The minimum Gasteiger partial charge on any atom is -0.385 e. The van der Waals surface area contributed by atoms with Crippen LogP contribution in [0.1, 0.15) is 64.2 Å². The number of hydrogen-bond acceptors (Lipinski definition) is 3. The third-order valence-electron chi connectivity index (χ3n) is 3.69. The molecule has 0 amide bonds. The van der Waals surface area contributed by atoms with E-state index in [2.05, 4.69) is 53.1 Å². The second kappa shape index (κ2) is 22.1. The topological polar surface area (TPSA) is 55.8 Å². The molecule has 0 fully saturated rings. The minimum atomic E-state index is -2.75. The van der Waals surface area contributed by atoms with Crippen molar-refractivity contribution >= 4 is 8.25 Å². The van der Waals surface area contributed by atoms with Crippen LogP contribution in [0.3, 0.4) is 0 Å². The molecule has 0 radical (unpaired) electrons. The summed E-state index contributed by atoms with van der Waals surface area (Å²) in [6.45, 7) is 1.25. The number of ether oxygens (including phenoxy) is 1. The molecule has 0 aromatic carbocycles. The molecule has 0 rings (SSSR count). The van der Waals surface area contributed by atoms with Gasteiger partial charge in [-0.05, 0) is 57.8 Å². The summed E-state index contributed by atoms with van der Waals surface area (Å²) in [5.41, 5.74) is 0. The molecule has 0 aliphatic rings. The van der Waals surface area contributed by atoms with Crippen molar-refractivity contribution < 1.29 is 18.7 Å². The molecule has 0 heterocycles. The number of allylic oxidation sites excluding steroid dienone is 8. The average molecular weight is 384 g/mol. The Hall–Kier alpha value is -0.930. The zero-order valence-electron chi connectivity index (χ0n) is 16.3. The monoisotopic (exact) mass is 384 g/mol. The first-order chi connectivity index (χ1) is 12.8. The van der Waals surface area contributed by atoms with Gasteiger partial charge in [0.05, 0.1) is 6.61 Å². The molecule has 5 heteroatoms. The molecule has 0 spiro atoms. The van der Waals surface area contributed by atoms with Gasteiger partial charge >= 0.3 is 8.25 Å². The van der Waals surface area contributed by atoms with Crippen molar-refractivity contribution in [3.8, 4) is 0 Å². The Bertz CT molecular complexity index is 428. The van der Waals surface area contributed by atoms with Crippen LogP contribution in [0.4, 0.5) is 0 Å². The molecule has 1 N–H and O–H groups in total. The number of rotatable bonds is 18. The van der Waals surface area contributed by atoms with Crippen molar-refractivity contribution in [1.82, 2.24) is 0 Å². The summed E-state index contributed by atoms with van der Waals surface area (Å²) in [5.74, 6) is 0. The molecule has 150 valence electrons. The van der Waals surface area contributed by atoms with Gasteiger partial charge in [0.15, 0.2) is 0 Å². The van der Waals surface area contributed by atoms with Crippen molar-refractivity contribution in [3.63, 3.8) is 0 Å². The van der Waals surface area contributed by atoms with Gasteiger partial charge in [0, 0.05) is 13.7 Å². The van der Waals surface area contributed by atoms with Gasteiger partial charge < -0.3 is 14.2 Å². The predicted octanol–water partition coefficient (Wildman–Crippen LogP) is 6.16. The van der Waals surface area contributed by atoms with E-state index in [0.717, 1.165) is 51.6 Å². The lowest BCUT2D eigenvalue weighted by atomic mass is 10.2. The van der Waals surface area contributed by atoms with Gasteiger partial charge in [-0.25, -0.2) is 0 Å². The first kappa shape index (κ1) is 25.1. The number of unbranched alkanes of at least 4 members (excludes halogenated alkanes) is 5. The highest BCUT2D eigenvalue weighted by molar-refractivity contribution is 7.32. The first-order valence-corrected chi connectivity index (χ1v) is 11.0. The molecular formula is C21H37O4P. The van der Waals surface area contributed by atoms with E-state index in [9.17, 15) is 4.57 Å². The predicted molar refractivity (Wildman–Crippen MR) is 112 cm³/mol. The summed E-state index contributed by atoms with van der Waals surface area (Å²) >= 11 is 0. The second-order valence-corrected chi connectivity index (χ2v) is 6.87. The zero-order valence-corrected chi connectivity index (χ0v) is 17.3. The number of hydrogen-bond donors (Lipinski definition) is 1. The molecule has 26 heavy (non-hydrogen) atoms. The summed E-state index contributed by atoms with van der Waals surface area (Å²) in [6.07, 6.45) is 28.2. The van der Waals surface area contributed by atoms with Gasteiger partial charge in [-0.3, -0.25) is 4.57 Å². The summed E-state index contributed by atoms with van der Waals surface area (Å²) < 4.78 is 20.0. The highest BCUT2D eigenvalue weighted by atomic mass is 31.1. The fraction of sp³-hybridized carbons (Fsp3) is 0.619. The molecular weight excluding hydrogens is 347 g/mol. The van der Waals surface area contributed by atoms with Gasteiger partial charge in [0.1, 0.15) is 0 Å². The second-order valence-electron chi connectivity index (χ2n) is 6.05. The molecule has 4 nitrogen and oxygen atoms in total. The molecule has 0 aliphatic carbocycles. The molecule has 0 bridgehead atoms. The summed E-state index contributed by atoms with van der Waals surface area (Å²) in [5, 5.41) is 0. The Labute approximate surface area is 160 Å². The van der Waals surface area contributed by atoms with Crippen molar-refractivity contribution in [2.24, 2.45) is 0 Å². The molecule has 0 aromatic rings. The van der Waals surface area contributed by atoms with Crippen LogP contribution in [0.2, 0.25) is 0 Å². The van der Waals surface area contributed by atoms with Crippen molar-refractivity contribution in [1.29, 1.82) is 0 Å². The Morgan fingerprint density at radius 3 is 1.65 bits per heavy atom. The third kappa shape index (κ3) is 23.1. The average Bonchev–Trinajstić information content (AvgIpc) is 2.62. The zero-order chi connectivity index (χ0) is 19.1. The van der Waals surface area contributed by atoms with E-state index in [0.29, 0.717) is 6.61 Å². The lowest BCUT2D eigenvalue weighted by Crippen LogP contribution is -1.87. The van der Waals surface area contributed by atoms with Crippen LogP contribution < -0.4 is 0 Å². The highest BCUT2D eigenvalue weighted by Crippen LogP contribution is 2.15. The SMILES string of the molecule is COCCCCC/C=C\C/C=C\C/C=C\C/C=C\CCCCO[PH](=O)O. The van der Waals surface area contributed by atoms with Crippen molar-refractivity contribution in [3.05, 3.63) is 48.6 Å². The van der Waals surface area contributed by atoms with Crippen LogP contribution in [0.15, 0.2) is 48.6 Å². The summed E-state index contributed by atoms with van der Waals surface area (Å²) in [4.78, 5) is 8.50. The first-order valence-electron chi connectivity index (χ1n) is 9.72. The molecule has 0 aliphatic heterocycles. The van der Waals surface area contributed by atoms with Crippen molar-refractivity contribution in [2.75, 3.05) is 20.3 Å². The van der Waals surface area contributed by atoms with Gasteiger partial charge in [-0.1, -0.05) is 55.0 Å². The Morgan fingerprint density at radius 1 is 0.692 bits per heavy atom. The van der Waals surface area contributed by atoms with Crippen LogP contribution in [-0.2, 0) is 13.8 Å². The van der Waals surface area contributed by atoms with Crippen LogP contribution in [0.5, 0.6) is 0 Å². The van der Waals surface area contributed by atoms with Crippen LogP contribution in [0, 0.1) is 0 Å². The highest BCUT2D eigenvalue weighted by Gasteiger charge is 1.91. The van der Waals surface area contributed by atoms with E-state index in [1.165, 1.54) is 19.3 Å². The largest absolute Gasteiger partial charge is 0.385 e. The van der Waals surface area contributed by atoms with E-state index in [-0.39, 0.29) is 0 Å². The molecule has 0 saturated heterocycles. The van der Waals surface area contributed by atoms with Crippen molar-refractivity contribution in [2.45, 2.75) is 64.2 Å². The maximum absolute atomic E-state index is 10.3. The van der Waals surface area contributed by atoms with E-state index < -0.39 is 8.25 Å². The Balaban J connectivity index is 3.37. The maximum Gasteiger partial charge on any atom is 0.316 e. The van der Waals surface area contributed by atoms with Gasteiger partial charge in [0.2, 0.25) is 0 Å². The summed E-state index contributed by atoms with van der Waals surface area (Å²) in [6, 6.07) is 0. The van der Waals surface area contributed by atoms with E-state index in [1.807, 2.05) is 0 Å². The summed E-state index contributed by atoms with van der Waals surface area (Å²) in [7, 11) is -0.994. The van der Waals surface area contributed by atoms with Crippen LogP contribution in [0.25, 0.3) is 0 Å².